The summed E-state index contributed by atoms with van der Waals surface area (Å²) in [6, 6.07) is 7.61. The van der Waals surface area contributed by atoms with Crippen molar-refractivity contribution >= 4 is 32.3 Å². The molecule has 0 aliphatic carbocycles. The van der Waals surface area contributed by atoms with Gasteiger partial charge in [0.1, 0.15) is 0 Å². The molecule has 0 saturated carbocycles. The summed E-state index contributed by atoms with van der Waals surface area (Å²) in [5.41, 5.74) is 14.8. The standard InChI is InChI=1S/C10H7N2O3S.Fe.2Na/c11-8-5-4-6-7(10(8)12)2-1-3-9(6)16(13,14)15;;;/h2-5,11-12H,(H,13,14,15);;;/q-3;+2;2*+1/p-1. The van der Waals surface area contributed by atoms with E-state index in [1.807, 2.05) is 0 Å². The summed E-state index contributed by atoms with van der Waals surface area (Å²) in [7, 11) is -4.58. The van der Waals surface area contributed by atoms with E-state index in [1.54, 1.807) is 0 Å². The number of rotatable bonds is 1. The normalized spacial score (nSPS) is 9.95. The van der Waals surface area contributed by atoms with Crippen LogP contribution < -0.4 is 59.1 Å². The Hall–Kier alpha value is 0.729. The molecule has 2 N–H and O–H groups in total. The Kier molecular flexibility index (Phi) is 9.55. The maximum absolute atomic E-state index is 11.0. The summed E-state index contributed by atoms with van der Waals surface area (Å²) in [4.78, 5) is -0.404. The second kappa shape index (κ2) is 8.24. The van der Waals surface area contributed by atoms with Crippen molar-refractivity contribution < 1.29 is 89.2 Å². The van der Waals surface area contributed by atoms with Gasteiger partial charge in [0.05, 0.1) is 10.1 Å². The van der Waals surface area contributed by atoms with E-state index in [4.69, 9.17) is 11.5 Å². The summed E-state index contributed by atoms with van der Waals surface area (Å²) >= 11 is 0. The molecule has 5 nitrogen and oxygen atoms in total. The average Bonchev–Trinajstić information content (AvgIpc) is 2.21. The van der Waals surface area contributed by atoms with Crippen LogP contribution in [-0.4, -0.2) is 13.0 Å². The van der Waals surface area contributed by atoms with E-state index in [0.717, 1.165) is 6.07 Å². The summed E-state index contributed by atoms with van der Waals surface area (Å²) < 4.78 is 32.9. The largest absolute Gasteiger partial charge is 2.00 e. The monoisotopic (exact) mass is 336 g/mol. The van der Waals surface area contributed by atoms with Gasteiger partial charge in [0, 0.05) is 0 Å². The average molecular weight is 336 g/mol. The van der Waals surface area contributed by atoms with Crippen LogP contribution in [0.5, 0.6) is 0 Å². The fourth-order valence-electron chi connectivity index (χ4n) is 1.47. The number of nitrogens with one attached hydrogen (secondary N) is 2. The van der Waals surface area contributed by atoms with Gasteiger partial charge in [-0.2, -0.15) is 23.9 Å². The maximum atomic E-state index is 11.0. The van der Waals surface area contributed by atoms with Crippen LogP contribution in [0.15, 0.2) is 29.2 Å². The molecule has 19 heavy (non-hydrogen) atoms. The van der Waals surface area contributed by atoms with Crippen molar-refractivity contribution in [1.29, 1.82) is 0 Å². The summed E-state index contributed by atoms with van der Waals surface area (Å²) in [6.07, 6.45) is 0. The van der Waals surface area contributed by atoms with Crippen LogP contribution in [0.4, 0.5) is 11.4 Å². The third-order valence-electron chi connectivity index (χ3n) is 2.22. The van der Waals surface area contributed by atoms with Crippen LogP contribution in [0.2, 0.25) is 0 Å². The zero-order valence-corrected chi connectivity index (χ0v) is 16.2. The molecule has 0 amide bonds. The zero-order valence-electron chi connectivity index (χ0n) is 10.3. The summed E-state index contributed by atoms with van der Waals surface area (Å²) in [5, 5.41) is 0.402. The first-order valence-corrected chi connectivity index (χ1v) is 5.68. The quantitative estimate of drug-likeness (QED) is 0.313. The van der Waals surface area contributed by atoms with Crippen molar-refractivity contribution in [2.75, 3.05) is 0 Å². The van der Waals surface area contributed by atoms with Crippen LogP contribution in [-0.2, 0) is 27.2 Å². The van der Waals surface area contributed by atoms with Gasteiger partial charge in [-0.05, 0) is 4.90 Å². The van der Waals surface area contributed by atoms with E-state index in [0.29, 0.717) is 0 Å². The molecule has 0 atom stereocenters. The molecule has 2 aromatic carbocycles. The predicted molar refractivity (Wildman–Crippen MR) is 58.7 cm³/mol. The third-order valence-corrected chi connectivity index (χ3v) is 3.10. The van der Waals surface area contributed by atoms with Crippen molar-refractivity contribution in [2.45, 2.75) is 4.90 Å². The molecule has 2 aromatic rings. The van der Waals surface area contributed by atoms with E-state index in [-0.39, 0.29) is 98.3 Å². The van der Waals surface area contributed by atoms with Crippen molar-refractivity contribution in [3.05, 3.63) is 41.8 Å². The van der Waals surface area contributed by atoms with Crippen LogP contribution in [0.3, 0.4) is 0 Å². The van der Waals surface area contributed by atoms with Gasteiger partial charge in [-0.1, -0.05) is 12.1 Å². The van der Waals surface area contributed by atoms with Gasteiger partial charge in [0.25, 0.3) is 0 Å². The molecule has 0 fully saturated rings. The number of benzene rings is 2. The van der Waals surface area contributed by atoms with Crippen molar-refractivity contribution in [3.8, 4) is 0 Å². The Morgan fingerprint density at radius 3 is 2.16 bits per heavy atom. The molecule has 9 heteroatoms. The Labute approximate surface area is 166 Å². The molecule has 0 heterocycles. The van der Waals surface area contributed by atoms with Crippen molar-refractivity contribution in [3.63, 3.8) is 0 Å². The first kappa shape index (κ1) is 22.0. The van der Waals surface area contributed by atoms with Gasteiger partial charge in [-0.15, -0.1) is 10.8 Å². The number of hydrogen-bond acceptors (Lipinski definition) is 3. The third kappa shape index (κ3) is 4.61. The van der Waals surface area contributed by atoms with Crippen LogP contribution in [0, 0.1) is 6.07 Å². The Morgan fingerprint density at radius 1 is 1.05 bits per heavy atom. The minimum Gasteiger partial charge on any atom is -0.754 e. The molecule has 0 aliphatic heterocycles. The second-order valence-electron chi connectivity index (χ2n) is 3.22. The Bertz CT molecular complexity index is 680. The fraction of sp³-hybridized carbons (Fsp3) is 0. The summed E-state index contributed by atoms with van der Waals surface area (Å²) in [5.74, 6) is 0. The minimum absolute atomic E-state index is 0. The summed E-state index contributed by atoms with van der Waals surface area (Å²) in [6.45, 7) is 0. The topological polar surface area (TPSA) is 105 Å². The predicted octanol–water partition coefficient (Wildman–Crippen LogP) is -3.08. The molecule has 0 aromatic heterocycles. The van der Waals surface area contributed by atoms with Crippen LogP contribution in [0.25, 0.3) is 22.2 Å². The molecule has 2 rings (SSSR count). The zero-order chi connectivity index (χ0) is 11.9. The number of fused-ring (bicyclic) bond motifs is 1. The maximum Gasteiger partial charge on any atom is 2.00 e. The molecule has 0 bridgehead atoms. The molecule has 0 unspecified atom stereocenters. The molecule has 0 saturated heterocycles. The molecule has 0 aliphatic rings. The number of hydrogen-bond donors (Lipinski definition) is 0. The smallest absolute Gasteiger partial charge is 0.754 e. The fourth-order valence-corrected chi connectivity index (χ4v) is 2.13. The Morgan fingerprint density at radius 2 is 1.63 bits per heavy atom. The van der Waals surface area contributed by atoms with Gasteiger partial charge in [0.15, 0.2) is 0 Å². The molecule has 0 radical (unpaired) electrons. The van der Waals surface area contributed by atoms with Crippen LogP contribution in [0.1, 0.15) is 0 Å². The second-order valence-corrected chi connectivity index (χ2v) is 4.57. The first-order chi connectivity index (χ1) is 7.41. The molecule has 0 spiro atoms. The molecular formula is C10H6FeN2Na2O3S. The van der Waals surface area contributed by atoms with E-state index in [9.17, 15) is 13.0 Å². The van der Waals surface area contributed by atoms with E-state index in [2.05, 4.69) is 6.07 Å². The van der Waals surface area contributed by atoms with E-state index >= 15 is 0 Å². The van der Waals surface area contributed by atoms with Crippen LogP contribution >= 0.6 is 0 Å². The van der Waals surface area contributed by atoms with Gasteiger partial charge in [-0.3, -0.25) is 8.42 Å². The first-order valence-electron chi connectivity index (χ1n) is 4.27. The Balaban J connectivity index is 0. The van der Waals surface area contributed by atoms with E-state index in [1.165, 1.54) is 18.2 Å². The minimum atomic E-state index is -4.58. The van der Waals surface area contributed by atoms with Gasteiger partial charge < -0.3 is 16.0 Å². The van der Waals surface area contributed by atoms with E-state index < -0.39 is 15.0 Å². The molecule has 90 valence electrons. The van der Waals surface area contributed by atoms with Crippen molar-refractivity contribution in [2.24, 2.45) is 0 Å². The van der Waals surface area contributed by atoms with Gasteiger partial charge in [-0.25, -0.2) is 5.69 Å². The molecular weight excluding hydrogens is 330 g/mol. The van der Waals surface area contributed by atoms with Gasteiger partial charge >= 0.3 is 76.2 Å². The SMILES string of the molecule is [Fe+2].[NH-]c1ccc2c(S(=O)(=O)[O-])c[c-]cc2c1[NH-].[Na+].[Na+]. The van der Waals surface area contributed by atoms with Gasteiger partial charge in [0.2, 0.25) is 0 Å². The van der Waals surface area contributed by atoms with Crippen molar-refractivity contribution in [1.82, 2.24) is 0 Å².